The quantitative estimate of drug-likeness (QED) is 0.0730. The van der Waals surface area contributed by atoms with Gasteiger partial charge in [0.05, 0.1) is 60.8 Å². The van der Waals surface area contributed by atoms with Crippen molar-refractivity contribution in [3.05, 3.63) is 210 Å². The number of carbonyl (C=O) groups is 2. The highest BCUT2D eigenvalue weighted by molar-refractivity contribution is 6.00. The van der Waals surface area contributed by atoms with Crippen LogP contribution in [0.15, 0.2) is 170 Å². The Balaban J connectivity index is 0.901. The Morgan fingerprint density at radius 3 is 1.42 bits per heavy atom. The molecule has 2 aliphatic heterocycles. The van der Waals surface area contributed by atoms with E-state index in [0.717, 1.165) is 89.4 Å². The molecule has 0 spiro atoms. The fourth-order valence-corrected chi connectivity index (χ4v) is 9.00. The van der Waals surface area contributed by atoms with Crippen LogP contribution < -0.4 is 10.1 Å². The van der Waals surface area contributed by atoms with Gasteiger partial charge >= 0.3 is 5.97 Å². The number of carboxylic acid groups (broad SMARTS) is 1. The van der Waals surface area contributed by atoms with Gasteiger partial charge in [-0.2, -0.15) is 0 Å². The van der Waals surface area contributed by atoms with Crippen LogP contribution >= 0.6 is 0 Å². The van der Waals surface area contributed by atoms with Gasteiger partial charge in [0.15, 0.2) is 0 Å². The van der Waals surface area contributed by atoms with Crippen LogP contribution in [0.2, 0.25) is 0 Å². The third-order valence-electron chi connectivity index (χ3n) is 12.5. The Labute approximate surface area is 413 Å². The number of nitrogens with zero attached hydrogens (tertiary/aromatic N) is 5. The topological polar surface area (TPSA) is 173 Å². The number of amides is 1. The summed E-state index contributed by atoms with van der Waals surface area (Å²) in [5.74, 6) is -0.674. The first-order valence-corrected chi connectivity index (χ1v) is 23.6. The fourth-order valence-electron chi connectivity index (χ4n) is 9.00. The van der Waals surface area contributed by atoms with Crippen molar-refractivity contribution in [2.45, 2.75) is 13.1 Å². The average molecular weight is 947 g/mol. The van der Waals surface area contributed by atoms with Crippen LogP contribution in [0.3, 0.4) is 0 Å². The van der Waals surface area contributed by atoms with Gasteiger partial charge < -0.3 is 29.9 Å². The van der Waals surface area contributed by atoms with E-state index in [9.17, 15) is 9.59 Å². The zero-order valence-electron chi connectivity index (χ0n) is 38.8. The number of aromatic nitrogens is 7. The summed E-state index contributed by atoms with van der Waals surface area (Å²) in [7, 11) is 0. The number of ether oxygens (including phenoxy) is 2. The number of carbonyl (C=O) groups excluding carboxylic acids is 1. The van der Waals surface area contributed by atoms with E-state index >= 15 is 0 Å². The monoisotopic (exact) mass is 946 g/mol. The Hall–Kier alpha value is -9.46. The van der Waals surface area contributed by atoms with Crippen molar-refractivity contribution in [1.29, 1.82) is 0 Å². The summed E-state index contributed by atoms with van der Waals surface area (Å²) in [4.78, 5) is 43.0. The van der Waals surface area contributed by atoms with Crippen molar-refractivity contribution in [3.8, 4) is 50.3 Å². The van der Waals surface area contributed by atoms with Crippen LogP contribution in [-0.2, 0) is 17.8 Å². The lowest BCUT2D eigenvalue weighted by Crippen LogP contribution is -2.22. The van der Waals surface area contributed by atoms with Crippen molar-refractivity contribution < 1.29 is 24.2 Å². The highest BCUT2D eigenvalue weighted by atomic mass is 16.5. The molecule has 0 atom stereocenters. The SMILES string of the molecule is O=C(O)c1ccc(OCCOCCn2cc(CNC(=O)c3ccc(-c4c5nc(c(-c6ccccc6)c6ccc([nH]6)c(-c6ccccc6)c6nc(c(-c7ccccc7)c7ccc4[nH]7)C=C6)C=C5)cc3)nn2)cc1. The number of rotatable bonds is 15. The lowest BCUT2D eigenvalue weighted by Gasteiger charge is -2.08. The maximum absolute atomic E-state index is 13.6. The van der Waals surface area contributed by atoms with E-state index in [1.54, 1.807) is 23.0 Å². The summed E-state index contributed by atoms with van der Waals surface area (Å²) < 4.78 is 13.0. The molecule has 8 bridgehead atoms. The number of aromatic carboxylic acids is 1. The average Bonchev–Trinajstić information content (AvgIpc) is 4.30. The standard InChI is InChI=1S/C59H46N8O5/c68-58(60-36-44-37-67(66-65-44)32-33-71-34-35-72-45-22-20-43(21-23-45)59(69)70)42-18-16-41(17-19-42)57-52-30-28-50(63-52)55(39-12-6-2-7-13-39)48-26-24-46(61-48)54(38-10-4-1-5-11-38)47-25-27-49(62-47)56(40-14-8-3-9-15-40)51-29-31-53(57)64-51/h1-31,37,61,64H,32-36H2,(H,60,68)(H,69,70). The van der Waals surface area contributed by atoms with Crippen molar-refractivity contribution in [2.75, 3.05) is 19.8 Å². The molecule has 9 aromatic rings. The molecule has 11 rings (SSSR count). The number of carboxylic acids is 1. The summed E-state index contributed by atoms with van der Waals surface area (Å²) in [5.41, 5.74) is 15.9. The number of aromatic amines is 2. The third kappa shape index (κ3) is 9.60. The molecule has 0 aliphatic carbocycles. The van der Waals surface area contributed by atoms with Crippen LogP contribution in [0.1, 0.15) is 49.2 Å². The molecule has 13 nitrogen and oxygen atoms in total. The van der Waals surface area contributed by atoms with Crippen LogP contribution in [0.25, 0.3) is 90.9 Å². The second-order valence-electron chi connectivity index (χ2n) is 17.1. The molecule has 0 saturated heterocycles. The molecule has 72 heavy (non-hydrogen) atoms. The molecule has 0 unspecified atom stereocenters. The van der Waals surface area contributed by atoms with Gasteiger partial charge in [0.25, 0.3) is 5.91 Å². The van der Waals surface area contributed by atoms with Crippen LogP contribution in [0, 0.1) is 0 Å². The molecule has 0 saturated carbocycles. The maximum atomic E-state index is 13.6. The Morgan fingerprint density at radius 1 is 0.514 bits per heavy atom. The molecule has 13 heteroatoms. The van der Waals surface area contributed by atoms with Gasteiger partial charge in [0.2, 0.25) is 0 Å². The number of nitrogens with one attached hydrogen (secondary N) is 3. The molecule has 0 radical (unpaired) electrons. The molecule has 2 aliphatic rings. The van der Waals surface area contributed by atoms with Crippen LogP contribution in [0.4, 0.5) is 0 Å². The zero-order valence-corrected chi connectivity index (χ0v) is 38.8. The summed E-state index contributed by atoms with van der Waals surface area (Å²) in [5, 5.41) is 20.5. The molecular weight excluding hydrogens is 901 g/mol. The van der Waals surface area contributed by atoms with E-state index < -0.39 is 5.97 Å². The number of hydrogen-bond donors (Lipinski definition) is 4. The first kappa shape index (κ1) is 45.0. The van der Waals surface area contributed by atoms with E-state index in [0.29, 0.717) is 43.4 Å². The summed E-state index contributed by atoms with van der Waals surface area (Å²) >= 11 is 0. The van der Waals surface area contributed by atoms with Crippen molar-refractivity contribution in [2.24, 2.45) is 0 Å². The third-order valence-corrected chi connectivity index (χ3v) is 12.5. The first-order chi connectivity index (χ1) is 35.4. The van der Waals surface area contributed by atoms with E-state index in [-0.39, 0.29) is 18.0 Å². The molecule has 6 heterocycles. The van der Waals surface area contributed by atoms with E-state index in [1.165, 1.54) is 12.1 Å². The zero-order chi connectivity index (χ0) is 48.8. The minimum atomic E-state index is -0.988. The molecule has 4 N–H and O–H groups in total. The minimum Gasteiger partial charge on any atom is -0.491 e. The van der Waals surface area contributed by atoms with E-state index in [2.05, 4.69) is 123 Å². The number of fused-ring (bicyclic) bond motifs is 8. The smallest absolute Gasteiger partial charge is 0.335 e. The predicted octanol–water partition coefficient (Wildman–Crippen LogP) is 11.6. The van der Waals surface area contributed by atoms with E-state index in [4.69, 9.17) is 24.5 Å². The number of benzene rings is 5. The summed E-state index contributed by atoms with van der Waals surface area (Å²) in [6, 6.07) is 53.2. The largest absolute Gasteiger partial charge is 0.491 e. The Morgan fingerprint density at radius 2 is 0.958 bits per heavy atom. The van der Waals surface area contributed by atoms with E-state index in [1.807, 2.05) is 66.7 Å². The first-order valence-electron chi connectivity index (χ1n) is 23.6. The number of H-pyrrole nitrogens is 2. The number of hydrogen-bond acceptors (Lipinski definition) is 8. The molecule has 5 aromatic carbocycles. The molecular formula is C59H46N8O5. The van der Waals surface area contributed by atoms with Gasteiger partial charge in [0.1, 0.15) is 18.1 Å². The highest BCUT2D eigenvalue weighted by Gasteiger charge is 2.19. The molecule has 1 amide bonds. The predicted molar refractivity (Wildman–Crippen MR) is 282 cm³/mol. The lowest BCUT2D eigenvalue weighted by molar-refractivity contribution is 0.0696. The van der Waals surface area contributed by atoms with Crippen molar-refractivity contribution >= 4 is 58.2 Å². The van der Waals surface area contributed by atoms with Gasteiger partial charge in [-0.1, -0.05) is 108 Å². The molecule has 352 valence electrons. The fraction of sp³-hybridized carbons (Fsp3) is 0.0847. The normalized spacial score (nSPS) is 11.7. The van der Waals surface area contributed by atoms with Gasteiger partial charge in [0, 0.05) is 49.9 Å². The summed E-state index contributed by atoms with van der Waals surface area (Å²) in [6.07, 6.45) is 10.1. The van der Waals surface area contributed by atoms with Gasteiger partial charge in [-0.3, -0.25) is 4.79 Å². The second kappa shape index (κ2) is 20.2. The van der Waals surface area contributed by atoms with Gasteiger partial charge in [-0.15, -0.1) is 5.10 Å². The maximum Gasteiger partial charge on any atom is 0.335 e. The minimum absolute atomic E-state index is 0.187. The Bertz CT molecular complexity index is 3640. The van der Waals surface area contributed by atoms with Gasteiger partial charge in [-0.05, 0) is 107 Å². The Kier molecular flexibility index (Phi) is 12.7. The molecule has 4 aromatic heterocycles. The van der Waals surface area contributed by atoms with Crippen molar-refractivity contribution in [3.63, 3.8) is 0 Å². The summed E-state index contributed by atoms with van der Waals surface area (Å²) in [6.45, 7) is 1.67. The second-order valence-corrected chi connectivity index (χ2v) is 17.1. The van der Waals surface area contributed by atoms with Gasteiger partial charge in [-0.25, -0.2) is 19.4 Å². The lowest BCUT2D eigenvalue weighted by atomic mass is 10.0. The molecule has 0 fully saturated rings. The van der Waals surface area contributed by atoms with Crippen LogP contribution in [-0.4, -0.2) is 71.7 Å². The van der Waals surface area contributed by atoms with Crippen LogP contribution in [0.5, 0.6) is 5.75 Å². The van der Waals surface area contributed by atoms with Crippen molar-refractivity contribution in [1.82, 2.24) is 40.2 Å². The highest BCUT2D eigenvalue weighted by Crippen LogP contribution is 2.38.